The second-order valence-corrected chi connectivity index (χ2v) is 10.9. The maximum atomic E-state index is 13.6. The minimum atomic E-state index is -0.842. The largest absolute Gasteiger partial charge is 0.493 e. The molecule has 3 N–H and O–H groups in total. The van der Waals surface area contributed by atoms with E-state index in [1.54, 1.807) is 0 Å². The lowest BCUT2D eigenvalue weighted by Crippen LogP contribution is -2.45. The summed E-state index contributed by atoms with van der Waals surface area (Å²) < 4.78 is 5.67. The normalized spacial score (nSPS) is 23.1. The number of likely N-dealkylation sites (tertiary alicyclic amines) is 2. The average Bonchev–Trinajstić information content (AvgIpc) is 3.62. The summed E-state index contributed by atoms with van der Waals surface area (Å²) in [6.45, 7) is 6.70. The van der Waals surface area contributed by atoms with Crippen LogP contribution in [0.5, 0.6) is 5.75 Å². The summed E-state index contributed by atoms with van der Waals surface area (Å²) in [4.78, 5) is 44.4. The van der Waals surface area contributed by atoms with E-state index < -0.39 is 11.9 Å². The minimum absolute atomic E-state index is 0.0462. The van der Waals surface area contributed by atoms with Crippen LogP contribution in [0.15, 0.2) is 18.2 Å². The number of amides is 2. The molecule has 3 unspecified atom stereocenters. The van der Waals surface area contributed by atoms with Gasteiger partial charge in [0.25, 0.3) is 0 Å². The summed E-state index contributed by atoms with van der Waals surface area (Å²) in [5.74, 6) is -0.666. The van der Waals surface area contributed by atoms with Gasteiger partial charge in [-0.25, -0.2) is 0 Å². The Kier molecular flexibility index (Phi) is 10.0. The highest BCUT2D eigenvalue weighted by Gasteiger charge is 2.47. The van der Waals surface area contributed by atoms with Crippen LogP contribution in [0.25, 0.3) is 0 Å². The quantitative estimate of drug-likeness (QED) is 0.356. The third-order valence-corrected chi connectivity index (χ3v) is 8.40. The monoisotopic (exact) mass is 528 g/mol. The van der Waals surface area contributed by atoms with Gasteiger partial charge in [0.05, 0.1) is 19.1 Å². The van der Waals surface area contributed by atoms with Gasteiger partial charge in [0, 0.05) is 57.5 Å². The number of aliphatic carboxylic acids is 1. The number of nitrogens with two attached hydrogens (primary N) is 1. The van der Waals surface area contributed by atoms with Crippen molar-refractivity contribution < 1.29 is 24.2 Å². The first-order valence-corrected chi connectivity index (χ1v) is 14.4. The molecule has 0 spiro atoms. The van der Waals surface area contributed by atoms with Crippen LogP contribution in [-0.2, 0) is 20.8 Å². The number of benzene rings is 1. The minimum Gasteiger partial charge on any atom is -0.493 e. The SMILES string of the molecule is CCCCN(CCCCN)C(=O)CN1CC(c2ccc3c(c2)CCO3)C(C(=O)O)C1CCN1CCCC1=O. The van der Waals surface area contributed by atoms with Crippen molar-refractivity contribution in [3.63, 3.8) is 0 Å². The average molecular weight is 529 g/mol. The number of ether oxygens (including phenoxy) is 1. The molecule has 2 saturated heterocycles. The van der Waals surface area contributed by atoms with Gasteiger partial charge in [-0.1, -0.05) is 25.5 Å². The van der Waals surface area contributed by atoms with E-state index in [1.807, 2.05) is 21.9 Å². The molecule has 3 heterocycles. The van der Waals surface area contributed by atoms with Crippen molar-refractivity contribution in [2.45, 2.75) is 70.3 Å². The van der Waals surface area contributed by atoms with Gasteiger partial charge >= 0.3 is 5.97 Å². The van der Waals surface area contributed by atoms with E-state index in [4.69, 9.17) is 10.5 Å². The van der Waals surface area contributed by atoms with Crippen molar-refractivity contribution in [3.05, 3.63) is 29.3 Å². The van der Waals surface area contributed by atoms with Crippen molar-refractivity contribution in [1.82, 2.24) is 14.7 Å². The van der Waals surface area contributed by atoms with E-state index in [0.29, 0.717) is 52.2 Å². The zero-order valence-corrected chi connectivity index (χ0v) is 22.8. The van der Waals surface area contributed by atoms with Crippen LogP contribution in [0.3, 0.4) is 0 Å². The third kappa shape index (κ3) is 6.67. The molecule has 2 amide bonds. The Bertz CT molecular complexity index is 986. The number of carboxylic acids is 1. The summed E-state index contributed by atoms with van der Waals surface area (Å²) in [6, 6.07) is 5.70. The fourth-order valence-corrected chi connectivity index (χ4v) is 6.29. The lowest BCUT2D eigenvalue weighted by atomic mass is 9.83. The maximum Gasteiger partial charge on any atom is 0.308 e. The molecule has 9 heteroatoms. The molecule has 3 aliphatic rings. The molecule has 0 aliphatic carbocycles. The number of carboxylic acid groups (broad SMARTS) is 1. The Labute approximate surface area is 226 Å². The summed E-state index contributed by atoms with van der Waals surface area (Å²) in [7, 11) is 0. The number of hydrogen-bond donors (Lipinski definition) is 2. The molecule has 1 aromatic carbocycles. The van der Waals surface area contributed by atoms with Gasteiger partial charge in [0.2, 0.25) is 11.8 Å². The van der Waals surface area contributed by atoms with Crippen LogP contribution >= 0.6 is 0 Å². The Hall–Kier alpha value is -2.65. The van der Waals surface area contributed by atoms with E-state index in [2.05, 4.69) is 17.9 Å². The third-order valence-electron chi connectivity index (χ3n) is 8.40. The molecule has 0 saturated carbocycles. The van der Waals surface area contributed by atoms with Crippen molar-refractivity contribution in [1.29, 1.82) is 0 Å². The summed E-state index contributed by atoms with van der Waals surface area (Å²) in [5.41, 5.74) is 7.79. The maximum absolute atomic E-state index is 13.6. The number of rotatable bonds is 14. The van der Waals surface area contributed by atoms with E-state index in [9.17, 15) is 19.5 Å². The van der Waals surface area contributed by atoms with Crippen LogP contribution in [0.4, 0.5) is 0 Å². The predicted molar refractivity (Wildman–Crippen MR) is 145 cm³/mol. The Morgan fingerprint density at radius 3 is 2.71 bits per heavy atom. The second-order valence-electron chi connectivity index (χ2n) is 10.9. The Morgan fingerprint density at radius 1 is 1.18 bits per heavy atom. The van der Waals surface area contributed by atoms with Gasteiger partial charge in [-0.05, 0) is 55.8 Å². The molecule has 38 heavy (non-hydrogen) atoms. The van der Waals surface area contributed by atoms with Crippen molar-refractivity contribution in [3.8, 4) is 5.75 Å². The molecule has 0 bridgehead atoms. The molecule has 4 rings (SSSR count). The highest BCUT2D eigenvalue weighted by Crippen LogP contribution is 2.41. The van der Waals surface area contributed by atoms with E-state index in [1.165, 1.54) is 0 Å². The molecule has 3 aliphatic heterocycles. The van der Waals surface area contributed by atoms with Crippen molar-refractivity contribution >= 4 is 17.8 Å². The number of carbonyl (C=O) groups excluding carboxylic acids is 2. The summed E-state index contributed by atoms with van der Waals surface area (Å²) in [5, 5.41) is 10.4. The topological polar surface area (TPSA) is 116 Å². The molecule has 0 aromatic heterocycles. The number of fused-ring (bicyclic) bond motifs is 1. The Balaban J connectivity index is 1.56. The summed E-state index contributed by atoms with van der Waals surface area (Å²) >= 11 is 0. The van der Waals surface area contributed by atoms with Gasteiger partial charge in [0.1, 0.15) is 5.75 Å². The van der Waals surface area contributed by atoms with Crippen molar-refractivity contribution in [2.24, 2.45) is 11.7 Å². The highest BCUT2D eigenvalue weighted by molar-refractivity contribution is 5.79. The van der Waals surface area contributed by atoms with Crippen LogP contribution < -0.4 is 10.5 Å². The van der Waals surface area contributed by atoms with Crippen molar-refractivity contribution in [2.75, 3.05) is 52.4 Å². The standard InChI is InChI=1S/C29H44N4O5/c1-2-3-13-31(14-5-4-12-30)27(35)20-33-19-23(21-8-9-25-22(18-21)11-17-38-25)28(29(36)37)24(33)10-16-32-15-6-7-26(32)34/h8-9,18,23-24,28H,2-7,10-17,19-20,30H2,1H3,(H,36,37). The number of nitrogens with zero attached hydrogens (tertiary/aromatic N) is 3. The van der Waals surface area contributed by atoms with E-state index >= 15 is 0 Å². The van der Waals surface area contributed by atoms with Gasteiger partial charge in [-0.15, -0.1) is 0 Å². The number of carbonyl (C=O) groups is 3. The molecular formula is C29H44N4O5. The van der Waals surface area contributed by atoms with Gasteiger partial charge in [0.15, 0.2) is 0 Å². The Morgan fingerprint density at radius 2 is 2.00 bits per heavy atom. The lowest BCUT2D eigenvalue weighted by molar-refractivity contribution is -0.144. The molecule has 1 aromatic rings. The fraction of sp³-hybridized carbons (Fsp3) is 0.690. The zero-order chi connectivity index (χ0) is 27.1. The van der Waals surface area contributed by atoms with E-state index in [0.717, 1.165) is 61.9 Å². The highest BCUT2D eigenvalue weighted by atomic mass is 16.5. The van der Waals surface area contributed by atoms with Gasteiger partial charge in [-0.2, -0.15) is 0 Å². The summed E-state index contributed by atoms with van der Waals surface area (Å²) in [6.07, 6.45) is 6.46. The molecule has 210 valence electrons. The zero-order valence-electron chi connectivity index (χ0n) is 22.8. The number of hydrogen-bond acceptors (Lipinski definition) is 6. The molecule has 0 radical (unpaired) electrons. The van der Waals surface area contributed by atoms with Crippen LogP contribution in [0.2, 0.25) is 0 Å². The lowest BCUT2D eigenvalue weighted by Gasteiger charge is -2.30. The molecule has 3 atom stereocenters. The number of unbranched alkanes of at least 4 members (excludes halogenated alkanes) is 2. The fourth-order valence-electron chi connectivity index (χ4n) is 6.29. The first-order valence-electron chi connectivity index (χ1n) is 14.4. The molecular weight excluding hydrogens is 484 g/mol. The predicted octanol–water partition coefficient (Wildman–Crippen LogP) is 2.47. The van der Waals surface area contributed by atoms with Gasteiger partial charge in [-0.3, -0.25) is 19.3 Å². The molecule has 2 fully saturated rings. The van der Waals surface area contributed by atoms with Crippen LogP contribution in [-0.4, -0.2) is 96.1 Å². The molecule has 9 nitrogen and oxygen atoms in total. The van der Waals surface area contributed by atoms with Crippen LogP contribution in [0, 0.1) is 5.92 Å². The van der Waals surface area contributed by atoms with Gasteiger partial charge < -0.3 is 25.4 Å². The smallest absolute Gasteiger partial charge is 0.308 e. The van der Waals surface area contributed by atoms with Crippen LogP contribution in [0.1, 0.15) is 68.9 Å². The first kappa shape index (κ1) is 28.4. The first-order chi connectivity index (χ1) is 18.4. The van der Waals surface area contributed by atoms with E-state index in [-0.39, 0.29) is 30.3 Å². The second kappa shape index (κ2) is 13.4.